The number of piperidine rings is 1. The monoisotopic (exact) mass is 374 g/mol. The molecule has 0 atom stereocenters. The van der Waals surface area contributed by atoms with E-state index in [0.717, 1.165) is 48.4 Å². The molecule has 1 saturated heterocycles. The zero-order valence-electron chi connectivity index (χ0n) is 15.6. The van der Waals surface area contributed by atoms with Crippen LogP contribution in [0.2, 0.25) is 0 Å². The van der Waals surface area contributed by atoms with Gasteiger partial charge < -0.3 is 4.90 Å². The summed E-state index contributed by atoms with van der Waals surface area (Å²) in [6.45, 7) is 8.00. The maximum Gasteiger partial charge on any atom is 0.240 e. The lowest BCUT2D eigenvalue weighted by molar-refractivity contribution is 0.400. The molecule has 7 heteroatoms. The van der Waals surface area contributed by atoms with E-state index in [-0.39, 0.29) is 0 Å². The summed E-state index contributed by atoms with van der Waals surface area (Å²) in [5.74, 6) is 1.22. The number of nitrogens with one attached hydrogen (secondary N) is 1. The molecule has 26 heavy (non-hydrogen) atoms. The predicted octanol–water partition coefficient (Wildman–Crippen LogP) is 2.60. The van der Waals surface area contributed by atoms with E-state index in [4.69, 9.17) is 0 Å². The SMILES string of the molecule is Cc1cc(C)c(S(=O)(=O)NCC2CCN(c3cnccn3)CC2)cc1C. The molecular weight excluding hydrogens is 348 g/mol. The Morgan fingerprint density at radius 2 is 1.77 bits per heavy atom. The molecule has 1 aliphatic rings. The van der Waals surface area contributed by atoms with Gasteiger partial charge in [0, 0.05) is 32.0 Å². The van der Waals surface area contributed by atoms with Crippen molar-refractivity contribution in [3.05, 3.63) is 47.4 Å². The Bertz CT molecular complexity index is 861. The first-order valence-corrected chi connectivity index (χ1v) is 10.4. The molecule has 0 amide bonds. The molecule has 1 N–H and O–H groups in total. The van der Waals surface area contributed by atoms with Gasteiger partial charge in [-0.25, -0.2) is 18.1 Å². The van der Waals surface area contributed by atoms with Gasteiger partial charge >= 0.3 is 0 Å². The molecule has 2 aromatic rings. The van der Waals surface area contributed by atoms with Crippen molar-refractivity contribution in [2.45, 2.75) is 38.5 Å². The summed E-state index contributed by atoms with van der Waals surface area (Å²) in [6.07, 6.45) is 7.00. The largest absolute Gasteiger partial charge is 0.355 e. The van der Waals surface area contributed by atoms with Crippen molar-refractivity contribution in [3.8, 4) is 0 Å². The molecule has 0 aliphatic carbocycles. The number of benzene rings is 1. The Morgan fingerprint density at radius 1 is 1.08 bits per heavy atom. The van der Waals surface area contributed by atoms with Crippen LogP contribution < -0.4 is 9.62 Å². The van der Waals surface area contributed by atoms with Gasteiger partial charge in [-0.2, -0.15) is 0 Å². The van der Waals surface area contributed by atoms with Gasteiger partial charge in [-0.1, -0.05) is 6.07 Å². The van der Waals surface area contributed by atoms with Crippen LogP contribution >= 0.6 is 0 Å². The van der Waals surface area contributed by atoms with E-state index in [1.807, 2.05) is 26.8 Å². The number of aryl methyl sites for hydroxylation is 3. The second kappa shape index (κ2) is 7.72. The molecule has 0 saturated carbocycles. The summed E-state index contributed by atoms with van der Waals surface area (Å²) >= 11 is 0. The fourth-order valence-electron chi connectivity index (χ4n) is 3.35. The molecule has 1 aromatic heterocycles. The van der Waals surface area contributed by atoms with Gasteiger partial charge in [0.2, 0.25) is 10.0 Å². The Kier molecular flexibility index (Phi) is 5.58. The molecule has 0 radical (unpaired) electrons. The van der Waals surface area contributed by atoms with E-state index in [0.29, 0.717) is 17.4 Å². The van der Waals surface area contributed by atoms with Crippen molar-refractivity contribution in [2.75, 3.05) is 24.5 Å². The molecule has 1 aromatic carbocycles. The van der Waals surface area contributed by atoms with Crippen LogP contribution in [0.25, 0.3) is 0 Å². The second-order valence-corrected chi connectivity index (χ2v) is 8.78. The predicted molar refractivity (Wildman–Crippen MR) is 103 cm³/mol. The van der Waals surface area contributed by atoms with E-state index in [9.17, 15) is 8.42 Å². The van der Waals surface area contributed by atoms with Gasteiger partial charge in [0.25, 0.3) is 0 Å². The standard InChI is InChI=1S/C19H26N4O2S/c1-14-10-16(3)18(11-15(14)2)26(24,25)22-12-17-4-8-23(9-5-17)19-13-20-6-7-21-19/h6-7,10-11,13,17,22H,4-5,8-9,12H2,1-3H3. The topological polar surface area (TPSA) is 75.2 Å². The smallest absolute Gasteiger partial charge is 0.240 e. The van der Waals surface area contributed by atoms with Gasteiger partial charge in [-0.05, 0) is 62.3 Å². The minimum Gasteiger partial charge on any atom is -0.355 e. The first kappa shape index (κ1) is 18.8. The Balaban J connectivity index is 1.59. The van der Waals surface area contributed by atoms with Crippen LogP contribution in [-0.4, -0.2) is 38.0 Å². The summed E-state index contributed by atoms with van der Waals surface area (Å²) in [7, 11) is -3.48. The summed E-state index contributed by atoms with van der Waals surface area (Å²) < 4.78 is 28.2. The van der Waals surface area contributed by atoms with Crippen LogP contribution in [0.3, 0.4) is 0 Å². The Morgan fingerprint density at radius 3 is 2.42 bits per heavy atom. The number of rotatable bonds is 5. The zero-order chi connectivity index (χ0) is 18.7. The average Bonchev–Trinajstić information content (AvgIpc) is 2.64. The minimum absolute atomic E-state index is 0.338. The molecule has 1 aliphatic heterocycles. The minimum atomic E-state index is -3.48. The van der Waals surface area contributed by atoms with E-state index in [1.165, 1.54) is 0 Å². The van der Waals surface area contributed by atoms with Crippen molar-refractivity contribution in [3.63, 3.8) is 0 Å². The third kappa shape index (κ3) is 4.22. The highest BCUT2D eigenvalue weighted by atomic mass is 32.2. The molecule has 140 valence electrons. The molecule has 0 spiro atoms. The van der Waals surface area contributed by atoms with Gasteiger partial charge in [0.05, 0.1) is 11.1 Å². The zero-order valence-corrected chi connectivity index (χ0v) is 16.4. The van der Waals surface area contributed by atoms with Crippen LogP contribution in [0.15, 0.2) is 35.6 Å². The van der Waals surface area contributed by atoms with Gasteiger partial charge in [0.1, 0.15) is 5.82 Å². The average molecular weight is 375 g/mol. The van der Waals surface area contributed by atoms with E-state index in [1.54, 1.807) is 24.7 Å². The first-order valence-electron chi connectivity index (χ1n) is 8.95. The van der Waals surface area contributed by atoms with Crippen molar-refractivity contribution >= 4 is 15.8 Å². The summed E-state index contributed by atoms with van der Waals surface area (Å²) in [5.41, 5.74) is 2.89. The highest BCUT2D eigenvalue weighted by Crippen LogP contribution is 2.23. The quantitative estimate of drug-likeness (QED) is 0.871. The molecular formula is C19H26N4O2S. The third-order valence-electron chi connectivity index (χ3n) is 5.13. The number of anilines is 1. The fourth-order valence-corrected chi connectivity index (χ4v) is 4.77. The Hall–Kier alpha value is -1.99. The number of hydrogen-bond acceptors (Lipinski definition) is 5. The summed E-state index contributed by atoms with van der Waals surface area (Å²) in [6, 6.07) is 3.70. The van der Waals surface area contributed by atoms with Crippen LogP contribution in [0.1, 0.15) is 29.5 Å². The molecule has 0 bridgehead atoms. The van der Waals surface area contributed by atoms with Crippen molar-refractivity contribution in [2.24, 2.45) is 5.92 Å². The highest BCUT2D eigenvalue weighted by molar-refractivity contribution is 7.89. The summed E-state index contributed by atoms with van der Waals surface area (Å²) in [5, 5.41) is 0. The van der Waals surface area contributed by atoms with E-state index < -0.39 is 10.0 Å². The molecule has 3 rings (SSSR count). The Labute approximate surface area is 155 Å². The van der Waals surface area contributed by atoms with Crippen LogP contribution in [0, 0.1) is 26.7 Å². The summed E-state index contributed by atoms with van der Waals surface area (Å²) in [4.78, 5) is 11.0. The van der Waals surface area contributed by atoms with Gasteiger partial charge in [-0.3, -0.25) is 4.98 Å². The first-order chi connectivity index (χ1) is 12.4. The number of hydrogen-bond donors (Lipinski definition) is 1. The van der Waals surface area contributed by atoms with Crippen molar-refractivity contribution in [1.82, 2.24) is 14.7 Å². The third-order valence-corrected chi connectivity index (χ3v) is 6.70. The normalized spacial score (nSPS) is 16.0. The number of sulfonamides is 1. The van der Waals surface area contributed by atoms with Crippen LogP contribution in [-0.2, 0) is 10.0 Å². The highest BCUT2D eigenvalue weighted by Gasteiger charge is 2.23. The van der Waals surface area contributed by atoms with Crippen molar-refractivity contribution in [1.29, 1.82) is 0 Å². The second-order valence-electron chi connectivity index (χ2n) is 7.05. The van der Waals surface area contributed by atoms with Crippen LogP contribution in [0.4, 0.5) is 5.82 Å². The van der Waals surface area contributed by atoms with E-state index >= 15 is 0 Å². The molecule has 1 fully saturated rings. The molecule has 6 nitrogen and oxygen atoms in total. The fraction of sp³-hybridized carbons (Fsp3) is 0.474. The maximum atomic E-state index is 12.7. The molecule has 0 unspecified atom stereocenters. The van der Waals surface area contributed by atoms with Gasteiger partial charge in [-0.15, -0.1) is 0 Å². The number of aromatic nitrogens is 2. The van der Waals surface area contributed by atoms with Gasteiger partial charge in [0.15, 0.2) is 0 Å². The molecule has 2 heterocycles. The van der Waals surface area contributed by atoms with Crippen molar-refractivity contribution < 1.29 is 8.42 Å². The number of nitrogens with zero attached hydrogens (tertiary/aromatic N) is 3. The maximum absolute atomic E-state index is 12.7. The lowest BCUT2D eigenvalue weighted by Gasteiger charge is -2.32. The van der Waals surface area contributed by atoms with Crippen LogP contribution in [0.5, 0.6) is 0 Å². The van der Waals surface area contributed by atoms with E-state index in [2.05, 4.69) is 19.6 Å². The lowest BCUT2D eigenvalue weighted by atomic mass is 9.97. The lowest BCUT2D eigenvalue weighted by Crippen LogP contribution is -2.39.